The summed E-state index contributed by atoms with van der Waals surface area (Å²) >= 11 is 0. The number of amides is 1. The normalized spacial score (nSPS) is 10.7. The maximum Gasteiger partial charge on any atom is 0.259 e. The molecule has 0 aliphatic heterocycles. The van der Waals surface area contributed by atoms with E-state index in [1.807, 2.05) is 13.8 Å². The zero-order chi connectivity index (χ0) is 15.6. The van der Waals surface area contributed by atoms with E-state index in [0.29, 0.717) is 11.3 Å². The average Bonchev–Trinajstić information content (AvgIpc) is 2.40. The number of phenolic OH excluding ortho intramolecular Hbond substituents is 2. The van der Waals surface area contributed by atoms with E-state index in [1.165, 1.54) is 30.3 Å². The Labute approximate surface area is 121 Å². The van der Waals surface area contributed by atoms with Gasteiger partial charge >= 0.3 is 0 Å². The lowest BCUT2D eigenvalue weighted by molar-refractivity contribution is 0.102. The molecule has 0 aliphatic carbocycles. The van der Waals surface area contributed by atoms with Crippen LogP contribution in [0.1, 0.15) is 35.7 Å². The van der Waals surface area contributed by atoms with E-state index < -0.39 is 11.7 Å². The molecule has 0 saturated heterocycles. The minimum absolute atomic E-state index is 0.00275. The van der Waals surface area contributed by atoms with Gasteiger partial charge in [0.25, 0.3) is 5.91 Å². The monoisotopic (exact) mass is 289 g/mol. The van der Waals surface area contributed by atoms with Gasteiger partial charge in [0, 0.05) is 11.8 Å². The Bertz CT molecular complexity index is 666. The van der Waals surface area contributed by atoms with Crippen molar-refractivity contribution in [3.05, 3.63) is 53.3 Å². The number of carbonyl (C=O) groups excluding carboxylic acids is 1. The highest BCUT2D eigenvalue weighted by atomic mass is 19.1. The van der Waals surface area contributed by atoms with Crippen LogP contribution in [0.25, 0.3) is 0 Å². The minimum Gasteiger partial charge on any atom is -0.508 e. The molecular formula is C16H16FNO3. The third kappa shape index (κ3) is 3.31. The zero-order valence-electron chi connectivity index (χ0n) is 11.7. The Kier molecular flexibility index (Phi) is 4.12. The summed E-state index contributed by atoms with van der Waals surface area (Å²) in [5.41, 5.74) is 1.04. The number of hydrogen-bond donors (Lipinski definition) is 3. The molecule has 4 nitrogen and oxygen atoms in total. The van der Waals surface area contributed by atoms with E-state index in [-0.39, 0.29) is 23.0 Å². The molecule has 0 unspecified atom stereocenters. The topological polar surface area (TPSA) is 69.6 Å². The van der Waals surface area contributed by atoms with Crippen LogP contribution in [0.3, 0.4) is 0 Å². The van der Waals surface area contributed by atoms with Gasteiger partial charge < -0.3 is 15.5 Å². The van der Waals surface area contributed by atoms with Crippen molar-refractivity contribution in [1.82, 2.24) is 0 Å². The number of rotatable bonds is 3. The van der Waals surface area contributed by atoms with E-state index in [4.69, 9.17) is 0 Å². The average molecular weight is 289 g/mol. The molecule has 110 valence electrons. The summed E-state index contributed by atoms with van der Waals surface area (Å²) in [7, 11) is 0. The molecule has 2 aromatic carbocycles. The number of anilines is 1. The Balaban J connectivity index is 2.30. The second-order valence-electron chi connectivity index (χ2n) is 5.04. The maximum absolute atomic E-state index is 12.8. The molecule has 0 bridgehead atoms. The van der Waals surface area contributed by atoms with E-state index in [2.05, 4.69) is 5.32 Å². The van der Waals surface area contributed by atoms with Gasteiger partial charge in [0.1, 0.15) is 17.3 Å². The first-order valence-electron chi connectivity index (χ1n) is 6.51. The van der Waals surface area contributed by atoms with Gasteiger partial charge in [-0.05, 0) is 41.8 Å². The molecule has 5 heteroatoms. The van der Waals surface area contributed by atoms with Gasteiger partial charge in [-0.25, -0.2) is 4.39 Å². The lowest BCUT2D eigenvalue weighted by Gasteiger charge is -2.12. The van der Waals surface area contributed by atoms with Gasteiger partial charge in [-0.3, -0.25) is 4.79 Å². The second-order valence-corrected chi connectivity index (χ2v) is 5.04. The van der Waals surface area contributed by atoms with Crippen molar-refractivity contribution in [1.29, 1.82) is 0 Å². The van der Waals surface area contributed by atoms with Gasteiger partial charge in [-0.1, -0.05) is 13.8 Å². The van der Waals surface area contributed by atoms with Gasteiger partial charge in [0.2, 0.25) is 0 Å². The van der Waals surface area contributed by atoms with E-state index in [1.54, 1.807) is 0 Å². The molecule has 2 rings (SSSR count). The molecule has 0 heterocycles. The number of aromatic hydroxyl groups is 2. The van der Waals surface area contributed by atoms with Crippen LogP contribution in [0, 0.1) is 5.82 Å². The highest BCUT2D eigenvalue weighted by molar-refractivity contribution is 6.06. The van der Waals surface area contributed by atoms with Crippen LogP contribution in [-0.4, -0.2) is 16.1 Å². The van der Waals surface area contributed by atoms with Crippen molar-refractivity contribution in [2.75, 3.05) is 5.32 Å². The smallest absolute Gasteiger partial charge is 0.259 e. The molecule has 0 fully saturated rings. The molecule has 0 radical (unpaired) electrons. The number of nitrogens with one attached hydrogen (secondary N) is 1. The highest BCUT2D eigenvalue weighted by Gasteiger charge is 2.17. The van der Waals surface area contributed by atoms with Gasteiger partial charge in [-0.2, -0.15) is 0 Å². The predicted octanol–water partition coefficient (Wildman–Crippen LogP) is 3.61. The largest absolute Gasteiger partial charge is 0.508 e. The quantitative estimate of drug-likeness (QED) is 0.808. The zero-order valence-corrected chi connectivity index (χ0v) is 11.7. The van der Waals surface area contributed by atoms with Crippen LogP contribution < -0.4 is 5.32 Å². The van der Waals surface area contributed by atoms with Crippen LogP contribution in [0.5, 0.6) is 11.5 Å². The molecule has 3 N–H and O–H groups in total. The number of hydrogen-bond acceptors (Lipinski definition) is 3. The van der Waals surface area contributed by atoms with Gasteiger partial charge in [-0.15, -0.1) is 0 Å². The second kappa shape index (κ2) is 5.83. The molecule has 0 saturated carbocycles. The first-order chi connectivity index (χ1) is 9.88. The van der Waals surface area contributed by atoms with Crippen LogP contribution in [-0.2, 0) is 0 Å². The van der Waals surface area contributed by atoms with Crippen LogP contribution >= 0.6 is 0 Å². The van der Waals surface area contributed by atoms with E-state index >= 15 is 0 Å². The standard InChI is InChI=1S/C16H16FNO3/c1-9(2)12-7-13(15(20)8-14(12)19)16(21)18-11-5-3-10(17)4-6-11/h3-9,19-20H,1-2H3,(H,18,21). The predicted molar refractivity (Wildman–Crippen MR) is 78.2 cm³/mol. The molecule has 0 spiro atoms. The van der Waals surface area contributed by atoms with Crippen molar-refractivity contribution in [2.24, 2.45) is 0 Å². The van der Waals surface area contributed by atoms with Gasteiger partial charge in [0.05, 0.1) is 5.56 Å². The molecule has 1 amide bonds. The first-order valence-corrected chi connectivity index (χ1v) is 6.51. The molecule has 0 atom stereocenters. The van der Waals surface area contributed by atoms with E-state index in [0.717, 1.165) is 6.07 Å². The summed E-state index contributed by atoms with van der Waals surface area (Å²) in [5, 5.41) is 22.1. The SMILES string of the molecule is CC(C)c1cc(C(=O)Nc2ccc(F)cc2)c(O)cc1O. The van der Waals surface area contributed by atoms with Crippen molar-refractivity contribution < 1.29 is 19.4 Å². The van der Waals surface area contributed by atoms with Crippen LogP contribution in [0.2, 0.25) is 0 Å². The summed E-state index contributed by atoms with van der Waals surface area (Å²) in [6.07, 6.45) is 0. The molecule has 0 aliphatic rings. The molecule has 21 heavy (non-hydrogen) atoms. The Hall–Kier alpha value is -2.56. The maximum atomic E-state index is 12.8. The summed E-state index contributed by atoms with van der Waals surface area (Å²) in [5.74, 6) is -1.29. The van der Waals surface area contributed by atoms with Crippen molar-refractivity contribution in [3.63, 3.8) is 0 Å². The summed E-state index contributed by atoms with van der Waals surface area (Å²) in [4.78, 5) is 12.2. The highest BCUT2D eigenvalue weighted by Crippen LogP contribution is 2.32. The first kappa shape index (κ1) is 14.8. The van der Waals surface area contributed by atoms with Crippen LogP contribution in [0.4, 0.5) is 10.1 Å². The minimum atomic E-state index is -0.527. The fraction of sp³-hybridized carbons (Fsp3) is 0.188. The van der Waals surface area contributed by atoms with Crippen molar-refractivity contribution >= 4 is 11.6 Å². The Morgan fingerprint density at radius 1 is 1.10 bits per heavy atom. The van der Waals surface area contributed by atoms with Crippen LogP contribution in [0.15, 0.2) is 36.4 Å². The molecular weight excluding hydrogens is 273 g/mol. The molecule has 2 aromatic rings. The number of phenols is 2. The Morgan fingerprint density at radius 2 is 1.71 bits per heavy atom. The van der Waals surface area contributed by atoms with Crippen molar-refractivity contribution in [3.8, 4) is 11.5 Å². The third-order valence-electron chi connectivity index (χ3n) is 3.11. The number of benzene rings is 2. The summed E-state index contributed by atoms with van der Waals surface area (Å²) < 4.78 is 12.8. The Morgan fingerprint density at radius 3 is 2.29 bits per heavy atom. The summed E-state index contributed by atoms with van der Waals surface area (Å²) in [6, 6.07) is 7.91. The van der Waals surface area contributed by atoms with Gasteiger partial charge in [0.15, 0.2) is 0 Å². The van der Waals surface area contributed by atoms with E-state index in [9.17, 15) is 19.4 Å². The number of halogens is 1. The number of carbonyl (C=O) groups is 1. The lowest BCUT2D eigenvalue weighted by Crippen LogP contribution is -2.12. The fourth-order valence-corrected chi connectivity index (χ4v) is 1.97. The fourth-order valence-electron chi connectivity index (χ4n) is 1.97. The third-order valence-corrected chi connectivity index (χ3v) is 3.11. The van der Waals surface area contributed by atoms with Crippen molar-refractivity contribution in [2.45, 2.75) is 19.8 Å². The molecule has 0 aromatic heterocycles. The summed E-state index contributed by atoms with van der Waals surface area (Å²) in [6.45, 7) is 3.74. The lowest BCUT2D eigenvalue weighted by atomic mass is 9.98.